The first kappa shape index (κ1) is 19.9. The fraction of sp³-hybridized carbons (Fsp3) is 0.333. The van der Waals surface area contributed by atoms with E-state index >= 15 is 0 Å². The SMILES string of the molecule is O=C(c1ccc(-c2cc(F)c3c(c2)C=CC3)cc1F)N1CCN(C(=O)C2(O)CC2)CC1. The van der Waals surface area contributed by atoms with Gasteiger partial charge in [-0.2, -0.15) is 0 Å². The Morgan fingerprint density at radius 2 is 1.58 bits per heavy atom. The zero-order valence-electron chi connectivity index (χ0n) is 16.9. The number of carbonyl (C=O) groups excluding carboxylic acids is 2. The van der Waals surface area contributed by atoms with E-state index in [1.54, 1.807) is 11.0 Å². The molecular formula is C24H22F2N2O3. The summed E-state index contributed by atoms with van der Waals surface area (Å²) in [6.07, 6.45) is 5.25. The van der Waals surface area contributed by atoms with Gasteiger partial charge in [-0.25, -0.2) is 8.78 Å². The average molecular weight is 424 g/mol. The predicted octanol–water partition coefficient (Wildman–Crippen LogP) is 3.01. The Morgan fingerprint density at radius 3 is 2.26 bits per heavy atom. The maximum Gasteiger partial charge on any atom is 0.256 e. The van der Waals surface area contributed by atoms with Gasteiger partial charge in [0.25, 0.3) is 11.8 Å². The molecule has 2 aromatic rings. The molecule has 0 bridgehead atoms. The van der Waals surface area contributed by atoms with Crippen molar-refractivity contribution in [1.82, 2.24) is 9.80 Å². The summed E-state index contributed by atoms with van der Waals surface area (Å²) in [6.45, 7) is 1.19. The van der Waals surface area contributed by atoms with Gasteiger partial charge in [-0.05, 0) is 65.8 Å². The number of rotatable bonds is 3. The summed E-state index contributed by atoms with van der Waals surface area (Å²) in [5.74, 6) is -1.71. The molecule has 0 radical (unpaired) electrons. The van der Waals surface area contributed by atoms with Crippen LogP contribution in [-0.2, 0) is 11.2 Å². The smallest absolute Gasteiger partial charge is 0.256 e. The molecule has 31 heavy (non-hydrogen) atoms. The highest BCUT2D eigenvalue weighted by Gasteiger charge is 2.50. The van der Waals surface area contributed by atoms with Crippen molar-refractivity contribution in [2.24, 2.45) is 0 Å². The van der Waals surface area contributed by atoms with Crippen molar-refractivity contribution in [2.75, 3.05) is 26.2 Å². The van der Waals surface area contributed by atoms with Gasteiger partial charge in [-0.1, -0.05) is 18.2 Å². The number of benzene rings is 2. The van der Waals surface area contributed by atoms with Crippen LogP contribution in [0, 0.1) is 11.6 Å². The molecule has 2 aliphatic carbocycles. The molecule has 0 unspecified atom stereocenters. The summed E-state index contributed by atoms with van der Waals surface area (Å²) >= 11 is 0. The Labute approximate surface area is 178 Å². The van der Waals surface area contributed by atoms with E-state index < -0.39 is 17.3 Å². The van der Waals surface area contributed by atoms with Gasteiger partial charge in [0.15, 0.2) is 0 Å². The Kier molecular flexibility index (Phi) is 4.66. The second-order valence-electron chi connectivity index (χ2n) is 8.44. The van der Waals surface area contributed by atoms with E-state index in [1.165, 1.54) is 23.1 Å². The summed E-state index contributed by atoms with van der Waals surface area (Å²) in [5.41, 5.74) is 1.23. The molecule has 5 rings (SSSR count). The number of hydrogen-bond donors (Lipinski definition) is 1. The van der Waals surface area contributed by atoms with Gasteiger partial charge >= 0.3 is 0 Å². The van der Waals surface area contributed by atoms with Crippen LogP contribution in [0.25, 0.3) is 17.2 Å². The Morgan fingerprint density at radius 1 is 0.903 bits per heavy atom. The fourth-order valence-corrected chi connectivity index (χ4v) is 4.27. The molecule has 0 spiro atoms. The first-order valence-electron chi connectivity index (χ1n) is 10.5. The summed E-state index contributed by atoms with van der Waals surface area (Å²) < 4.78 is 29.1. The van der Waals surface area contributed by atoms with Crippen molar-refractivity contribution in [3.63, 3.8) is 0 Å². The molecule has 2 fully saturated rings. The van der Waals surface area contributed by atoms with Crippen LogP contribution in [0.2, 0.25) is 0 Å². The van der Waals surface area contributed by atoms with Crippen molar-refractivity contribution in [2.45, 2.75) is 24.9 Å². The molecule has 1 heterocycles. The fourth-order valence-electron chi connectivity index (χ4n) is 4.27. The number of aliphatic hydroxyl groups is 1. The molecule has 0 aromatic heterocycles. The van der Waals surface area contributed by atoms with E-state index in [9.17, 15) is 23.5 Å². The molecule has 5 nitrogen and oxygen atoms in total. The number of piperazine rings is 1. The first-order valence-corrected chi connectivity index (χ1v) is 10.5. The molecule has 0 atom stereocenters. The summed E-state index contributed by atoms with van der Waals surface area (Å²) in [7, 11) is 0. The van der Waals surface area contributed by atoms with Crippen LogP contribution in [0.4, 0.5) is 8.78 Å². The molecule has 7 heteroatoms. The summed E-state index contributed by atoms with van der Waals surface area (Å²) in [5, 5.41) is 9.98. The van der Waals surface area contributed by atoms with E-state index in [-0.39, 0.29) is 30.4 Å². The molecule has 1 aliphatic heterocycles. The number of carbonyl (C=O) groups is 2. The lowest BCUT2D eigenvalue weighted by Crippen LogP contribution is -2.53. The first-order chi connectivity index (χ1) is 14.9. The Hall–Kier alpha value is -3.06. The van der Waals surface area contributed by atoms with Crippen molar-refractivity contribution in [1.29, 1.82) is 0 Å². The zero-order chi connectivity index (χ0) is 21.8. The van der Waals surface area contributed by atoms with Crippen LogP contribution in [0.15, 0.2) is 36.4 Å². The molecular weight excluding hydrogens is 402 g/mol. The summed E-state index contributed by atoms with van der Waals surface area (Å²) in [4.78, 5) is 28.1. The maximum absolute atomic E-state index is 14.8. The molecule has 1 N–H and O–H groups in total. The number of fused-ring (bicyclic) bond motifs is 1. The van der Waals surface area contributed by atoms with Gasteiger partial charge in [0.2, 0.25) is 0 Å². The van der Waals surface area contributed by atoms with Crippen LogP contribution in [0.3, 0.4) is 0 Å². The average Bonchev–Trinajstić information content (AvgIpc) is 3.33. The number of amides is 2. The highest BCUT2D eigenvalue weighted by Crippen LogP contribution is 2.37. The molecule has 2 amide bonds. The third kappa shape index (κ3) is 3.53. The van der Waals surface area contributed by atoms with Gasteiger partial charge in [-0.15, -0.1) is 0 Å². The minimum absolute atomic E-state index is 0.0501. The molecule has 3 aliphatic rings. The van der Waals surface area contributed by atoms with E-state index in [1.807, 2.05) is 18.2 Å². The monoisotopic (exact) mass is 424 g/mol. The lowest BCUT2D eigenvalue weighted by molar-refractivity contribution is -0.143. The van der Waals surface area contributed by atoms with E-state index in [2.05, 4.69) is 0 Å². The molecule has 2 aromatic carbocycles. The standard InChI is InChI=1S/C24H22F2N2O3/c25-20-14-17(12-16-2-1-3-18(16)20)15-4-5-19(21(26)13-15)22(29)27-8-10-28(11-9-27)23(30)24(31)6-7-24/h1-2,4-5,12-14,31H,3,6-11H2. The van der Waals surface area contributed by atoms with Gasteiger partial charge in [0, 0.05) is 26.2 Å². The van der Waals surface area contributed by atoms with E-state index in [0.29, 0.717) is 49.0 Å². The van der Waals surface area contributed by atoms with Crippen molar-refractivity contribution >= 4 is 17.9 Å². The molecule has 1 saturated heterocycles. The normalized spacial score (nSPS) is 18.8. The van der Waals surface area contributed by atoms with Gasteiger partial charge in [-0.3, -0.25) is 9.59 Å². The van der Waals surface area contributed by atoms with Crippen molar-refractivity contribution in [3.05, 3.63) is 64.7 Å². The number of halogens is 2. The topological polar surface area (TPSA) is 60.9 Å². The van der Waals surface area contributed by atoms with Crippen LogP contribution >= 0.6 is 0 Å². The molecule has 160 valence electrons. The lowest BCUT2D eigenvalue weighted by Gasteiger charge is -2.35. The Bertz CT molecular complexity index is 1120. The minimum Gasteiger partial charge on any atom is -0.380 e. The Balaban J connectivity index is 1.30. The number of nitrogens with zero attached hydrogens (tertiary/aromatic N) is 2. The largest absolute Gasteiger partial charge is 0.380 e. The highest BCUT2D eigenvalue weighted by atomic mass is 19.1. The van der Waals surface area contributed by atoms with Crippen LogP contribution < -0.4 is 0 Å². The minimum atomic E-state index is -1.22. The van der Waals surface area contributed by atoms with Crippen LogP contribution in [0.5, 0.6) is 0 Å². The number of allylic oxidation sites excluding steroid dienone is 1. The van der Waals surface area contributed by atoms with Crippen LogP contribution in [0.1, 0.15) is 34.3 Å². The number of hydrogen-bond acceptors (Lipinski definition) is 3. The summed E-state index contributed by atoms with van der Waals surface area (Å²) in [6, 6.07) is 7.53. The third-order valence-electron chi connectivity index (χ3n) is 6.36. The maximum atomic E-state index is 14.8. The van der Waals surface area contributed by atoms with Gasteiger partial charge in [0.1, 0.15) is 17.2 Å². The van der Waals surface area contributed by atoms with E-state index in [0.717, 1.165) is 5.56 Å². The second-order valence-corrected chi connectivity index (χ2v) is 8.44. The van der Waals surface area contributed by atoms with Crippen molar-refractivity contribution < 1.29 is 23.5 Å². The van der Waals surface area contributed by atoms with Crippen LogP contribution in [-0.4, -0.2) is 58.5 Å². The molecule has 1 saturated carbocycles. The highest BCUT2D eigenvalue weighted by molar-refractivity contribution is 5.95. The van der Waals surface area contributed by atoms with Crippen molar-refractivity contribution in [3.8, 4) is 11.1 Å². The lowest BCUT2D eigenvalue weighted by atomic mass is 9.98. The van der Waals surface area contributed by atoms with Gasteiger partial charge < -0.3 is 14.9 Å². The quantitative estimate of drug-likeness (QED) is 0.824. The van der Waals surface area contributed by atoms with Gasteiger partial charge in [0.05, 0.1) is 5.56 Å². The second kappa shape index (κ2) is 7.27. The van der Waals surface area contributed by atoms with E-state index in [4.69, 9.17) is 0 Å². The third-order valence-corrected chi connectivity index (χ3v) is 6.36. The zero-order valence-corrected chi connectivity index (χ0v) is 16.9. The predicted molar refractivity (Wildman–Crippen MR) is 111 cm³/mol.